The summed E-state index contributed by atoms with van der Waals surface area (Å²) in [7, 11) is -4.54. The molecule has 0 aliphatic rings. The van der Waals surface area contributed by atoms with E-state index in [9.17, 15) is 26.8 Å². The van der Waals surface area contributed by atoms with E-state index in [1.807, 2.05) is 0 Å². The fourth-order valence-corrected chi connectivity index (χ4v) is 2.57. The van der Waals surface area contributed by atoms with E-state index in [0.29, 0.717) is 0 Å². The number of amides is 1. The molecule has 0 bridgehead atoms. The number of alkyl halides is 2. The maximum atomic E-state index is 12.3. The van der Waals surface area contributed by atoms with Crippen LogP contribution in [0.25, 0.3) is 0 Å². The molecule has 0 radical (unpaired) electrons. The van der Waals surface area contributed by atoms with Crippen LogP contribution in [0.1, 0.15) is 29.8 Å². The predicted octanol–water partition coefficient (Wildman–Crippen LogP) is 1.66. The fraction of sp³-hybridized carbons (Fsp3) is 0.429. The number of aliphatic carboxylic acids is 1. The van der Waals surface area contributed by atoms with E-state index in [-0.39, 0.29) is 17.0 Å². The first-order valence-corrected chi connectivity index (χ1v) is 8.38. The largest absolute Gasteiger partial charge is 0.480 e. The molecule has 0 aliphatic heterocycles. The number of nitrogens with one attached hydrogen (secondary N) is 1. The molecule has 0 saturated heterocycles. The molecule has 128 valence electrons. The highest BCUT2D eigenvalue weighted by Gasteiger charge is 2.25. The summed E-state index contributed by atoms with van der Waals surface area (Å²) in [5.41, 5.74) is 0.218. The standard InChI is InChI=1S/C14H17F2NO5S/c1-8(2)11(13(19)20)17-12(18)10-5-3-9(4-6-10)7-23(21,22)14(15)16/h3-6,8,11,14H,7H2,1-2H3,(H,17,18)(H,19,20)/t11-/m1/s1. The molecule has 0 saturated carbocycles. The van der Waals surface area contributed by atoms with Crippen molar-refractivity contribution in [3.63, 3.8) is 0 Å². The van der Waals surface area contributed by atoms with Gasteiger partial charge in [0.2, 0.25) is 9.84 Å². The SMILES string of the molecule is CC(C)[C@@H](NC(=O)c1ccc(CS(=O)(=O)C(F)F)cc1)C(=O)O. The summed E-state index contributed by atoms with van der Waals surface area (Å²) in [6, 6.07) is 3.91. The van der Waals surface area contributed by atoms with E-state index >= 15 is 0 Å². The molecule has 0 aliphatic carbocycles. The summed E-state index contributed by atoms with van der Waals surface area (Å²) < 4.78 is 46.8. The molecular formula is C14H17F2NO5S. The van der Waals surface area contributed by atoms with Crippen molar-refractivity contribution in [1.82, 2.24) is 5.32 Å². The average molecular weight is 349 g/mol. The molecule has 1 amide bonds. The predicted molar refractivity (Wildman–Crippen MR) is 78.8 cm³/mol. The van der Waals surface area contributed by atoms with Crippen LogP contribution in [0.2, 0.25) is 0 Å². The van der Waals surface area contributed by atoms with Crippen molar-refractivity contribution < 1.29 is 31.9 Å². The Kier molecular flexibility index (Phi) is 6.20. The van der Waals surface area contributed by atoms with Gasteiger partial charge in [-0.2, -0.15) is 8.78 Å². The Morgan fingerprint density at radius 3 is 2.09 bits per heavy atom. The minimum atomic E-state index is -4.54. The van der Waals surface area contributed by atoms with E-state index < -0.39 is 39.3 Å². The second-order valence-electron chi connectivity index (χ2n) is 5.30. The van der Waals surface area contributed by atoms with Crippen LogP contribution in [0.4, 0.5) is 8.78 Å². The molecule has 0 fully saturated rings. The lowest BCUT2D eigenvalue weighted by Gasteiger charge is -2.17. The lowest BCUT2D eigenvalue weighted by molar-refractivity contribution is -0.140. The highest BCUT2D eigenvalue weighted by atomic mass is 32.2. The van der Waals surface area contributed by atoms with Crippen molar-refractivity contribution in [2.75, 3.05) is 0 Å². The Balaban J connectivity index is 2.84. The second-order valence-corrected chi connectivity index (χ2v) is 7.27. The van der Waals surface area contributed by atoms with Gasteiger partial charge in [0.05, 0.1) is 5.75 Å². The number of hydrogen-bond donors (Lipinski definition) is 2. The maximum Gasteiger partial charge on any atom is 0.337 e. The first kappa shape index (κ1) is 19.0. The molecule has 23 heavy (non-hydrogen) atoms. The van der Waals surface area contributed by atoms with Gasteiger partial charge >= 0.3 is 11.7 Å². The van der Waals surface area contributed by atoms with Gasteiger partial charge in [0, 0.05) is 5.56 Å². The normalized spacial score (nSPS) is 13.1. The highest BCUT2D eigenvalue weighted by Crippen LogP contribution is 2.14. The summed E-state index contributed by atoms with van der Waals surface area (Å²) in [6.07, 6.45) is 0. The van der Waals surface area contributed by atoms with Crippen molar-refractivity contribution >= 4 is 21.7 Å². The number of sulfone groups is 1. The molecule has 1 rings (SSSR count). The summed E-state index contributed by atoms with van der Waals surface area (Å²) >= 11 is 0. The van der Waals surface area contributed by atoms with Crippen molar-refractivity contribution in [2.24, 2.45) is 5.92 Å². The van der Waals surface area contributed by atoms with Crippen LogP contribution in [0, 0.1) is 5.92 Å². The van der Waals surface area contributed by atoms with Crippen LogP contribution in [0.15, 0.2) is 24.3 Å². The van der Waals surface area contributed by atoms with Crippen LogP contribution >= 0.6 is 0 Å². The molecule has 1 atom stereocenters. The quantitative estimate of drug-likeness (QED) is 0.780. The van der Waals surface area contributed by atoms with Crippen molar-refractivity contribution in [1.29, 1.82) is 0 Å². The number of benzene rings is 1. The molecule has 0 heterocycles. The van der Waals surface area contributed by atoms with Gasteiger partial charge in [-0.15, -0.1) is 0 Å². The van der Waals surface area contributed by atoms with Crippen molar-refractivity contribution in [3.05, 3.63) is 35.4 Å². The van der Waals surface area contributed by atoms with Crippen LogP contribution in [-0.2, 0) is 20.4 Å². The van der Waals surface area contributed by atoms with Gasteiger partial charge in [-0.05, 0) is 23.6 Å². The molecule has 0 aromatic heterocycles. The molecule has 6 nitrogen and oxygen atoms in total. The van der Waals surface area contributed by atoms with E-state index in [2.05, 4.69) is 5.32 Å². The summed E-state index contributed by atoms with van der Waals surface area (Å²) in [5, 5.41) is 11.4. The third kappa shape index (κ3) is 5.27. The molecule has 2 N–H and O–H groups in total. The molecule has 0 spiro atoms. The highest BCUT2D eigenvalue weighted by molar-refractivity contribution is 7.90. The number of carbonyl (C=O) groups is 2. The molecule has 9 heteroatoms. The van der Waals surface area contributed by atoms with Crippen molar-refractivity contribution in [2.45, 2.75) is 31.4 Å². The molecule has 0 unspecified atom stereocenters. The van der Waals surface area contributed by atoms with Gasteiger partial charge in [-0.25, -0.2) is 13.2 Å². The monoisotopic (exact) mass is 349 g/mol. The number of halogens is 2. The molecule has 1 aromatic carbocycles. The number of hydrogen-bond acceptors (Lipinski definition) is 4. The average Bonchev–Trinajstić information content (AvgIpc) is 2.44. The number of carbonyl (C=O) groups excluding carboxylic acids is 1. The first-order chi connectivity index (χ1) is 10.5. The third-order valence-corrected chi connectivity index (χ3v) is 4.35. The topological polar surface area (TPSA) is 101 Å². The van der Waals surface area contributed by atoms with Gasteiger partial charge in [0.15, 0.2) is 0 Å². The van der Waals surface area contributed by atoms with Crippen LogP contribution in [-0.4, -0.2) is 37.2 Å². The minimum Gasteiger partial charge on any atom is -0.480 e. The van der Waals surface area contributed by atoms with E-state index in [0.717, 1.165) is 0 Å². The Labute approximate surface area is 132 Å². The van der Waals surface area contributed by atoms with Gasteiger partial charge in [-0.1, -0.05) is 26.0 Å². The first-order valence-electron chi connectivity index (χ1n) is 6.67. The van der Waals surface area contributed by atoms with Gasteiger partial charge < -0.3 is 10.4 Å². The zero-order chi connectivity index (χ0) is 17.8. The lowest BCUT2D eigenvalue weighted by atomic mass is 10.0. The lowest BCUT2D eigenvalue weighted by Crippen LogP contribution is -2.44. The summed E-state index contributed by atoms with van der Waals surface area (Å²) in [5.74, 6) is -6.45. The van der Waals surface area contributed by atoms with Crippen LogP contribution < -0.4 is 5.32 Å². The maximum absolute atomic E-state index is 12.3. The number of rotatable bonds is 7. The second kappa shape index (κ2) is 7.49. The third-order valence-electron chi connectivity index (χ3n) is 3.07. The van der Waals surface area contributed by atoms with E-state index in [1.54, 1.807) is 13.8 Å². The Morgan fingerprint density at radius 1 is 1.17 bits per heavy atom. The van der Waals surface area contributed by atoms with Crippen LogP contribution in [0.5, 0.6) is 0 Å². The van der Waals surface area contributed by atoms with Crippen LogP contribution in [0.3, 0.4) is 0 Å². The number of carboxylic acid groups (broad SMARTS) is 1. The van der Waals surface area contributed by atoms with Gasteiger partial charge in [0.1, 0.15) is 6.04 Å². The number of carboxylic acids is 1. The van der Waals surface area contributed by atoms with Gasteiger partial charge in [-0.3, -0.25) is 4.79 Å². The summed E-state index contributed by atoms with van der Waals surface area (Å²) in [4.78, 5) is 23.0. The van der Waals surface area contributed by atoms with E-state index in [1.165, 1.54) is 24.3 Å². The summed E-state index contributed by atoms with van der Waals surface area (Å²) in [6.45, 7) is 3.27. The molecular weight excluding hydrogens is 332 g/mol. The Hall–Kier alpha value is -2.03. The Morgan fingerprint density at radius 2 is 1.70 bits per heavy atom. The fourth-order valence-electron chi connectivity index (χ4n) is 1.79. The zero-order valence-corrected chi connectivity index (χ0v) is 13.3. The smallest absolute Gasteiger partial charge is 0.337 e. The van der Waals surface area contributed by atoms with Crippen molar-refractivity contribution in [3.8, 4) is 0 Å². The minimum absolute atomic E-state index is 0.107. The zero-order valence-electron chi connectivity index (χ0n) is 12.5. The molecule has 1 aromatic rings. The van der Waals surface area contributed by atoms with E-state index in [4.69, 9.17) is 5.11 Å². The van der Waals surface area contributed by atoms with Gasteiger partial charge in [0.25, 0.3) is 5.91 Å². The Bertz CT molecular complexity index is 671.